The van der Waals surface area contributed by atoms with E-state index in [0.29, 0.717) is 5.56 Å². The van der Waals surface area contributed by atoms with Crippen LogP contribution in [0.5, 0.6) is 0 Å². The lowest BCUT2D eigenvalue weighted by molar-refractivity contribution is 0.0696. The molecule has 1 aliphatic carbocycles. The Morgan fingerprint density at radius 2 is 2.20 bits per heavy atom. The summed E-state index contributed by atoms with van der Waals surface area (Å²) in [4.78, 5) is 10.7. The van der Waals surface area contributed by atoms with Crippen LogP contribution in [0.2, 0.25) is 0 Å². The number of hydrogen-bond donors (Lipinski definition) is 1. The number of halogens is 1. The number of alkyl halides is 1. The summed E-state index contributed by atoms with van der Waals surface area (Å²) in [5.41, 5.74) is 0.661. The molecule has 1 N–H and O–H groups in total. The number of aromatic carboxylic acids is 1. The van der Waals surface area contributed by atoms with Gasteiger partial charge in [0, 0.05) is 0 Å². The van der Waals surface area contributed by atoms with Crippen LogP contribution in [0.1, 0.15) is 41.4 Å². The van der Waals surface area contributed by atoms with E-state index < -0.39 is 12.1 Å². The molecule has 0 aromatic heterocycles. The Morgan fingerprint density at radius 3 is 2.73 bits per heavy atom. The van der Waals surface area contributed by atoms with Crippen LogP contribution in [0.15, 0.2) is 24.3 Å². The third kappa shape index (κ3) is 2.01. The minimum Gasteiger partial charge on any atom is -0.478 e. The Hall–Kier alpha value is -1.38. The van der Waals surface area contributed by atoms with Gasteiger partial charge in [-0.15, -0.1) is 0 Å². The van der Waals surface area contributed by atoms with Crippen molar-refractivity contribution in [1.29, 1.82) is 0 Å². The molecule has 1 aromatic rings. The molecule has 0 amide bonds. The van der Waals surface area contributed by atoms with Crippen molar-refractivity contribution in [2.45, 2.75) is 25.4 Å². The lowest BCUT2D eigenvalue weighted by Crippen LogP contribution is -2.17. The maximum atomic E-state index is 13.8. The van der Waals surface area contributed by atoms with Crippen LogP contribution in [-0.2, 0) is 0 Å². The maximum absolute atomic E-state index is 13.8. The monoisotopic (exact) mass is 208 g/mol. The van der Waals surface area contributed by atoms with Gasteiger partial charge in [0.15, 0.2) is 0 Å². The molecule has 1 aliphatic rings. The Labute approximate surface area is 87.7 Å². The fraction of sp³-hybridized carbons (Fsp3) is 0.417. The molecule has 1 saturated carbocycles. The SMILES string of the molecule is O=C(O)c1cccc(C(F)C2CCC2)c1. The van der Waals surface area contributed by atoms with E-state index in [2.05, 4.69) is 0 Å². The van der Waals surface area contributed by atoms with Gasteiger partial charge in [0.2, 0.25) is 0 Å². The summed E-state index contributed by atoms with van der Waals surface area (Å²) in [6.45, 7) is 0. The van der Waals surface area contributed by atoms with E-state index in [9.17, 15) is 9.18 Å². The lowest BCUT2D eigenvalue weighted by Gasteiger charge is -2.28. The summed E-state index contributed by atoms with van der Waals surface area (Å²) >= 11 is 0. The molecule has 0 radical (unpaired) electrons. The first-order valence-corrected chi connectivity index (χ1v) is 5.16. The Morgan fingerprint density at radius 1 is 1.47 bits per heavy atom. The molecule has 0 saturated heterocycles. The van der Waals surface area contributed by atoms with Gasteiger partial charge in [-0.3, -0.25) is 0 Å². The zero-order valence-electron chi connectivity index (χ0n) is 8.32. The third-order valence-electron chi connectivity index (χ3n) is 3.02. The highest BCUT2D eigenvalue weighted by atomic mass is 19.1. The van der Waals surface area contributed by atoms with Gasteiger partial charge in [-0.2, -0.15) is 0 Å². The highest BCUT2D eigenvalue weighted by molar-refractivity contribution is 5.87. The van der Waals surface area contributed by atoms with Gasteiger partial charge in [-0.1, -0.05) is 18.6 Å². The second kappa shape index (κ2) is 4.01. The second-order valence-corrected chi connectivity index (χ2v) is 4.02. The van der Waals surface area contributed by atoms with E-state index >= 15 is 0 Å². The molecular formula is C12H13FO2. The van der Waals surface area contributed by atoms with Gasteiger partial charge < -0.3 is 5.11 Å². The van der Waals surface area contributed by atoms with Crippen LogP contribution in [-0.4, -0.2) is 11.1 Å². The molecule has 1 atom stereocenters. The van der Waals surface area contributed by atoms with Gasteiger partial charge in [0.1, 0.15) is 6.17 Å². The second-order valence-electron chi connectivity index (χ2n) is 4.02. The van der Waals surface area contributed by atoms with Crippen LogP contribution in [0.4, 0.5) is 4.39 Å². The number of carboxylic acid groups (broad SMARTS) is 1. The average molecular weight is 208 g/mol. The quantitative estimate of drug-likeness (QED) is 0.828. The normalized spacial score (nSPS) is 18.2. The van der Waals surface area contributed by atoms with Crippen LogP contribution < -0.4 is 0 Å². The van der Waals surface area contributed by atoms with Gasteiger partial charge in [-0.05, 0) is 36.5 Å². The van der Waals surface area contributed by atoms with Crippen molar-refractivity contribution in [3.8, 4) is 0 Å². The zero-order chi connectivity index (χ0) is 10.8. The minimum atomic E-state index is -1.00. The topological polar surface area (TPSA) is 37.3 Å². The van der Waals surface area contributed by atoms with Crippen molar-refractivity contribution in [3.63, 3.8) is 0 Å². The van der Waals surface area contributed by atoms with Crippen molar-refractivity contribution in [1.82, 2.24) is 0 Å². The average Bonchev–Trinajstić information content (AvgIpc) is 2.15. The molecule has 80 valence electrons. The molecule has 0 aliphatic heterocycles. The highest BCUT2D eigenvalue weighted by Crippen LogP contribution is 2.40. The van der Waals surface area contributed by atoms with E-state index in [1.165, 1.54) is 12.1 Å². The summed E-state index contributed by atoms with van der Waals surface area (Å²) < 4.78 is 13.8. The summed E-state index contributed by atoms with van der Waals surface area (Å²) in [6.07, 6.45) is 1.92. The van der Waals surface area contributed by atoms with E-state index in [4.69, 9.17) is 5.11 Å². The molecule has 1 aromatic carbocycles. The van der Waals surface area contributed by atoms with E-state index in [1.807, 2.05) is 0 Å². The fourth-order valence-corrected chi connectivity index (χ4v) is 1.85. The highest BCUT2D eigenvalue weighted by Gasteiger charge is 2.28. The third-order valence-corrected chi connectivity index (χ3v) is 3.02. The van der Waals surface area contributed by atoms with E-state index in [-0.39, 0.29) is 11.5 Å². The fourth-order valence-electron chi connectivity index (χ4n) is 1.85. The minimum absolute atomic E-state index is 0.0917. The zero-order valence-corrected chi connectivity index (χ0v) is 8.32. The first kappa shape index (κ1) is 10.1. The van der Waals surface area contributed by atoms with E-state index in [1.54, 1.807) is 12.1 Å². The molecule has 3 heteroatoms. The van der Waals surface area contributed by atoms with Crippen molar-refractivity contribution in [3.05, 3.63) is 35.4 Å². The number of carboxylic acids is 1. The molecule has 1 fully saturated rings. The van der Waals surface area contributed by atoms with Gasteiger partial charge in [0.05, 0.1) is 5.56 Å². The van der Waals surface area contributed by atoms with Crippen molar-refractivity contribution >= 4 is 5.97 Å². The first-order valence-electron chi connectivity index (χ1n) is 5.16. The largest absolute Gasteiger partial charge is 0.478 e. The van der Waals surface area contributed by atoms with Crippen LogP contribution in [0.25, 0.3) is 0 Å². The molecule has 15 heavy (non-hydrogen) atoms. The van der Waals surface area contributed by atoms with Crippen molar-refractivity contribution in [2.75, 3.05) is 0 Å². The molecule has 0 spiro atoms. The maximum Gasteiger partial charge on any atom is 0.335 e. The lowest BCUT2D eigenvalue weighted by atomic mass is 9.79. The smallest absolute Gasteiger partial charge is 0.335 e. The van der Waals surface area contributed by atoms with Crippen LogP contribution in [0, 0.1) is 5.92 Å². The Kier molecular flexibility index (Phi) is 2.71. The number of rotatable bonds is 3. The van der Waals surface area contributed by atoms with Crippen LogP contribution in [0.3, 0.4) is 0 Å². The summed E-state index contributed by atoms with van der Waals surface area (Å²) in [5, 5.41) is 8.78. The summed E-state index contributed by atoms with van der Waals surface area (Å²) in [6, 6.07) is 6.18. The van der Waals surface area contributed by atoms with Gasteiger partial charge in [-0.25, -0.2) is 9.18 Å². The van der Waals surface area contributed by atoms with Gasteiger partial charge in [0.25, 0.3) is 0 Å². The predicted molar refractivity (Wildman–Crippen MR) is 54.6 cm³/mol. The predicted octanol–water partition coefficient (Wildman–Crippen LogP) is 3.20. The number of carbonyl (C=O) groups is 1. The van der Waals surface area contributed by atoms with Crippen LogP contribution >= 0.6 is 0 Å². The Bertz CT molecular complexity index is 372. The summed E-state index contributed by atoms with van der Waals surface area (Å²) in [5.74, 6) is -0.910. The van der Waals surface area contributed by atoms with Gasteiger partial charge >= 0.3 is 5.97 Å². The van der Waals surface area contributed by atoms with Crippen molar-refractivity contribution < 1.29 is 14.3 Å². The first-order chi connectivity index (χ1) is 7.18. The molecule has 0 bridgehead atoms. The molecular weight excluding hydrogens is 195 g/mol. The Balaban J connectivity index is 2.19. The number of benzene rings is 1. The molecule has 0 heterocycles. The summed E-state index contributed by atoms with van der Waals surface area (Å²) in [7, 11) is 0. The standard InChI is InChI=1S/C12H13FO2/c13-11(8-3-1-4-8)9-5-2-6-10(7-9)12(14)15/h2,5-8,11H,1,3-4H2,(H,14,15). The molecule has 2 nitrogen and oxygen atoms in total. The molecule has 2 rings (SSSR count). The number of hydrogen-bond acceptors (Lipinski definition) is 1. The van der Waals surface area contributed by atoms with E-state index in [0.717, 1.165) is 19.3 Å². The van der Waals surface area contributed by atoms with Crippen molar-refractivity contribution in [2.24, 2.45) is 5.92 Å². The molecule has 1 unspecified atom stereocenters.